The molecule has 0 fully saturated rings. The molecule has 1 aliphatic heterocycles. The van der Waals surface area contributed by atoms with Crippen molar-refractivity contribution < 1.29 is 9.72 Å². The van der Waals surface area contributed by atoms with Crippen LogP contribution < -0.4 is 4.90 Å². The van der Waals surface area contributed by atoms with Crippen LogP contribution in [0.5, 0.6) is 0 Å². The van der Waals surface area contributed by atoms with E-state index in [0.717, 1.165) is 15.7 Å². The van der Waals surface area contributed by atoms with Gasteiger partial charge in [0.15, 0.2) is 0 Å². The van der Waals surface area contributed by atoms with E-state index in [1.54, 1.807) is 4.90 Å². The molecule has 3 rings (SSSR count). The van der Waals surface area contributed by atoms with Crippen LogP contribution in [0.4, 0.5) is 11.4 Å². The summed E-state index contributed by atoms with van der Waals surface area (Å²) in [5.41, 5.74) is 2.17. The van der Waals surface area contributed by atoms with Gasteiger partial charge in [-0.3, -0.25) is 14.9 Å². The van der Waals surface area contributed by atoms with Crippen molar-refractivity contribution in [3.8, 4) is 0 Å². The predicted octanol–water partition coefficient (Wildman–Crippen LogP) is 3.99. The molecule has 0 saturated carbocycles. The summed E-state index contributed by atoms with van der Waals surface area (Å²) >= 11 is 3.45. The molecule has 0 saturated heterocycles. The number of carbonyl (C=O) groups excluding carboxylic acids is 1. The van der Waals surface area contributed by atoms with E-state index in [4.69, 9.17) is 0 Å². The molecule has 5 nitrogen and oxygen atoms in total. The normalized spacial score (nSPS) is 13.3. The van der Waals surface area contributed by atoms with E-state index in [1.165, 1.54) is 24.3 Å². The number of rotatable bonds is 2. The van der Waals surface area contributed by atoms with E-state index in [9.17, 15) is 14.9 Å². The molecule has 2 aromatic rings. The Morgan fingerprint density at radius 3 is 2.50 bits per heavy atom. The maximum absolute atomic E-state index is 12.7. The highest BCUT2D eigenvalue weighted by Crippen LogP contribution is 2.31. The van der Waals surface area contributed by atoms with Crippen molar-refractivity contribution in [1.82, 2.24) is 0 Å². The second-order valence-corrected chi connectivity index (χ2v) is 5.86. The zero-order chi connectivity index (χ0) is 15.7. The van der Waals surface area contributed by atoms with Gasteiger partial charge in [-0.05, 0) is 29.8 Å². The molecule has 0 spiro atoms. The molecule has 0 aliphatic carbocycles. The van der Waals surface area contributed by atoms with Crippen molar-refractivity contribution in [2.45, 2.75) is 0 Å². The van der Waals surface area contributed by atoms with Gasteiger partial charge in [0.05, 0.1) is 17.2 Å². The number of nitro benzene ring substituents is 1. The molecule has 6 heteroatoms. The van der Waals surface area contributed by atoms with E-state index in [2.05, 4.69) is 15.9 Å². The van der Waals surface area contributed by atoms with Gasteiger partial charge in [-0.15, -0.1) is 0 Å². The summed E-state index contributed by atoms with van der Waals surface area (Å²) in [6.45, 7) is 0.437. The largest absolute Gasteiger partial charge is 0.303 e. The van der Waals surface area contributed by atoms with E-state index in [0.29, 0.717) is 12.1 Å². The number of fused-ring (bicyclic) bond motifs is 1. The molecule has 1 heterocycles. The molecule has 2 aromatic carbocycles. The molecule has 1 aliphatic rings. The van der Waals surface area contributed by atoms with Gasteiger partial charge in [0.2, 0.25) is 0 Å². The van der Waals surface area contributed by atoms with Crippen LogP contribution in [0.15, 0.2) is 53.0 Å². The lowest BCUT2D eigenvalue weighted by molar-refractivity contribution is -0.384. The fraction of sp³-hybridized carbons (Fsp3) is 0.0625. The van der Waals surface area contributed by atoms with Crippen LogP contribution in [0.3, 0.4) is 0 Å². The molecule has 0 bridgehead atoms. The van der Waals surface area contributed by atoms with Gasteiger partial charge >= 0.3 is 0 Å². The molecule has 22 heavy (non-hydrogen) atoms. The number of non-ortho nitro benzene ring substituents is 1. The van der Waals surface area contributed by atoms with E-state index >= 15 is 0 Å². The lowest BCUT2D eigenvalue weighted by Crippen LogP contribution is -2.34. The summed E-state index contributed by atoms with van der Waals surface area (Å²) in [4.78, 5) is 24.6. The fourth-order valence-corrected chi connectivity index (χ4v) is 2.87. The molecule has 1 amide bonds. The number of hydrogen-bond acceptors (Lipinski definition) is 3. The highest BCUT2D eigenvalue weighted by atomic mass is 79.9. The highest BCUT2D eigenvalue weighted by molar-refractivity contribution is 9.11. The van der Waals surface area contributed by atoms with Crippen LogP contribution in [0.25, 0.3) is 6.08 Å². The summed E-state index contributed by atoms with van der Waals surface area (Å²) in [7, 11) is 0. The SMILES string of the molecule is O=C(c1ccc([N+](=O)[O-])cc1)N1CC(Br)=Cc2ccccc21. The van der Waals surface area contributed by atoms with Gasteiger partial charge in [-0.1, -0.05) is 34.1 Å². The van der Waals surface area contributed by atoms with Crippen LogP contribution in [0.2, 0.25) is 0 Å². The zero-order valence-electron chi connectivity index (χ0n) is 11.4. The van der Waals surface area contributed by atoms with Gasteiger partial charge in [-0.25, -0.2) is 0 Å². The monoisotopic (exact) mass is 358 g/mol. The first-order valence-corrected chi connectivity index (χ1v) is 7.37. The minimum Gasteiger partial charge on any atom is -0.303 e. The Bertz CT molecular complexity index is 784. The first-order valence-electron chi connectivity index (χ1n) is 6.57. The van der Waals surface area contributed by atoms with Crippen LogP contribution in [0, 0.1) is 10.1 Å². The minimum absolute atomic E-state index is 0.0309. The van der Waals surface area contributed by atoms with Crippen molar-refractivity contribution in [3.63, 3.8) is 0 Å². The first-order chi connectivity index (χ1) is 10.6. The second kappa shape index (κ2) is 5.73. The number of anilines is 1. The molecule has 110 valence electrons. The predicted molar refractivity (Wildman–Crippen MR) is 88.1 cm³/mol. The number of carbonyl (C=O) groups is 1. The Morgan fingerprint density at radius 2 is 1.82 bits per heavy atom. The zero-order valence-corrected chi connectivity index (χ0v) is 13.0. The smallest absolute Gasteiger partial charge is 0.269 e. The van der Waals surface area contributed by atoms with Crippen LogP contribution >= 0.6 is 15.9 Å². The summed E-state index contributed by atoms with van der Waals surface area (Å²) < 4.78 is 0.904. The number of para-hydroxylation sites is 1. The minimum atomic E-state index is -0.482. The molecule has 0 atom stereocenters. The number of halogens is 1. The third-order valence-electron chi connectivity index (χ3n) is 3.42. The Morgan fingerprint density at radius 1 is 1.14 bits per heavy atom. The van der Waals surface area contributed by atoms with Gasteiger partial charge in [0.1, 0.15) is 0 Å². The van der Waals surface area contributed by atoms with Crippen molar-refractivity contribution >= 4 is 39.3 Å². The maximum Gasteiger partial charge on any atom is 0.269 e. The number of nitro groups is 1. The highest BCUT2D eigenvalue weighted by Gasteiger charge is 2.23. The third kappa shape index (κ3) is 2.65. The number of nitrogens with zero attached hydrogens (tertiary/aromatic N) is 2. The summed E-state index contributed by atoms with van der Waals surface area (Å²) in [6, 6.07) is 13.3. The topological polar surface area (TPSA) is 63.4 Å². The van der Waals surface area contributed by atoms with Crippen molar-refractivity contribution in [2.75, 3.05) is 11.4 Å². The lowest BCUT2D eigenvalue weighted by Gasteiger charge is -2.28. The molecular weight excluding hydrogens is 348 g/mol. The fourth-order valence-electron chi connectivity index (χ4n) is 2.37. The number of amides is 1. The van der Waals surface area contributed by atoms with Crippen LogP contribution in [-0.4, -0.2) is 17.4 Å². The summed E-state index contributed by atoms with van der Waals surface area (Å²) in [6.07, 6.45) is 1.98. The van der Waals surface area contributed by atoms with Crippen LogP contribution in [0.1, 0.15) is 15.9 Å². The van der Waals surface area contributed by atoms with Crippen molar-refractivity contribution in [2.24, 2.45) is 0 Å². The maximum atomic E-state index is 12.7. The van der Waals surface area contributed by atoms with E-state index in [1.807, 2.05) is 30.3 Å². The molecule has 0 unspecified atom stereocenters. The van der Waals surface area contributed by atoms with Crippen molar-refractivity contribution in [3.05, 3.63) is 74.3 Å². The van der Waals surface area contributed by atoms with E-state index in [-0.39, 0.29) is 11.6 Å². The van der Waals surface area contributed by atoms with Gasteiger partial charge in [0, 0.05) is 22.2 Å². The molecular formula is C16H11BrN2O3. The summed E-state index contributed by atoms with van der Waals surface area (Å²) in [5, 5.41) is 10.7. The van der Waals surface area contributed by atoms with E-state index < -0.39 is 4.92 Å². The average molecular weight is 359 g/mol. The Labute approximate surface area is 135 Å². The molecule has 0 N–H and O–H groups in total. The van der Waals surface area contributed by atoms with Gasteiger partial charge < -0.3 is 4.90 Å². The average Bonchev–Trinajstić information content (AvgIpc) is 2.53. The number of benzene rings is 2. The Balaban J connectivity index is 1.95. The molecule has 0 aromatic heterocycles. The third-order valence-corrected chi connectivity index (χ3v) is 3.90. The second-order valence-electron chi connectivity index (χ2n) is 4.85. The first kappa shape index (κ1) is 14.5. The quantitative estimate of drug-likeness (QED) is 0.602. The number of hydrogen-bond donors (Lipinski definition) is 0. The van der Waals surface area contributed by atoms with Gasteiger partial charge in [-0.2, -0.15) is 0 Å². The Kier molecular flexibility index (Phi) is 3.77. The molecule has 0 radical (unpaired) electrons. The lowest BCUT2D eigenvalue weighted by atomic mass is 10.1. The summed E-state index contributed by atoms with van der Waals surface area (Å²) in [5.74, 6) is -0.188. The Hall–Kier alpha value is -2.47. The standard InChI is InChI=1S/C16H11BrN2O3/c17-13-9-12-3-1-2-4-15(12)18(10-13)16(20)11-5-7-14(8-6-11)19(21)22/h1-9H,10H2. The van der Waals surface area contributed by atoms with Crippen molar-refractivity contribution in [1.29, 1.82) is 0 Å². The van der Waals surface area contributed by atoms with Crippen LogP contribution in [-0.2, 0) is 0 Å². The van der Waals surface area contributed by atoms with Gasteiger partial charge in [0.25, 0.3) is 11.6 Å².